The van der Waals surface area contributed by atoms with Gasteiger partial charge in [0.2, 0.25) is 5.91 Å². The van der Waals surface area contributed by atoms with Crippen molar-refractivity contribution in [3.8, 4) is 10.7 Å². The number of carbonyl (C=O) groups excluding carboxylic acids is 1. The van der Waals surface area contributed by atoms with Gasteiger partial charge in [0.1, 0.15) is 0 Å². The van der Waals surface area contributed by atoms with Crippen LogP contribution in [0.5, 0.6) is 0 Å². The van der Waals surface area contributed by atoms with E-state index in [1.54, 1.807) is 11.3 Å². The summed E-state index contributed by atoms with van der Waals surface area (Å²) in [4.78, 5) is 15.6. The highest BCUT2D eigenvalue weighted by atomic mass is 32.2. The molecule has 0 bridgehead atoms. The monoisotopic (exact) mass is 457 g/mol. The number of carbonyl (C=O) groups is 1. The number of aromatic nitrogens is 3. The minimum atomic E-state index is -0.0222. The maximum atomic E-state index is 12.4. The molecule has 0 aliphatic carbocycles. The van der Waals surface area contributed by atoms with E-state index < -0.39 is 0 Å². The molecule has 1 aliphatic rings. The van der Waals surface area contributed by atoms with Crippen molar-refractivity contribution in [1.82, 2.24) is 20.1 Å². The van der Waals surface area contributed by atoms with Crippen molar-refractivity contribution in [3.05, 3.63) is 47.3 Å². The van der Waals surface area contributed by atoms with Crippen LogP contribution in [-0.4, -0.2) is 53.2 Å². The first-order valence-electron chi connectivity index (χ1n) is 10.3. The summed E-state index contributed by atoms with van der Waals surface area (Å²) in [5, 5.41) is 14.6. The first kappa shape index (κ1) is 21.9. The molecule has 1 amide bonds. The van der Waals surface area contributed by atoms with Crippen molar-refractivity contribution in [1.29, 1.82) is 0 Å². The third-order valence-electron chi connectivity index (χ3n) is 5.14. The number of rotatable bonds is 9. The summed E-state index contributed by atoms with van der Waals surface area (Å²) < 4.78 is 7.92. The fraction of sp³-hybridized carbons (Fsp3) is 0.409. The molecular weight excluding hydrogens is 430 g/mol. The molecular formula is C22H27N5O2S2. The average molecular weight is 458 g/mol. The molecule has 7 nitrogen and oxygen atoms in total. The highest BCUT2D eigenvalue weighted by Gasteiger charge is 2.22. The van der Waals surface area contributed by atoms with E-state index in [2.05, 4.69) is 37.1 Å². The van der Waals surface area contributed by atoms with Crippen molar-refractivity contribution < 1.29 is 9.53 Å². The van der Waals surface area contributed by atoms with Crippen LogP contribution in [0, 0.1) is 0 Å². The van der Waals surface area contributed by atoms with Crippen LogP contribution >= 0.6 is 23.1 Å². The van der Waals surface area contributed by atoms with Gasteiger partial charge in [-0.15, -0.1) is 21.5 Å². The number of hydrogen-bond acceptors (Lipinski definition) is 7. The quantitative estimate of drug-likeness (QED) is 0.495. The fourth-order valence-electron chi connectivity index (χ4n) is 3.43. The van der Waals surface area contributed by atoms with Gasteiger partial charge in [-0.1, -0.05) is 30.0 Å². The number of thioether (sulfide) groups is 1. The minimum absolute atomic E-state index is 0.0222. The predicted molar refractivity (Wildman–Crippen MR) is 126 cm³/mol. The first-order valence-corrected chi connectivity index (χ1v) is 12.2. The molecule has 164 valence electrons. The van der Waals surface area contributed by atoms with E-state index in [4.69, 9.17) is 4.74 Å². The van der Waals surface area contributed by atoms with E-state index in [1.165, 1.54) is 11.8 Å². The molecule has 1 saturated heterocycles. The van der Waals surface area contributed by atoms with Gasteiger partial charge in [-0.2, -0.15) is 0 Å². The Morgan fingerprint density at radius 3 is 2.81 bits per heavy atom. The fourth-order valence-corrected chi connectivity index (χ4v) is 4.93. The largest absolute Gasteiger partial charge is 0.378 e. The van der Waals surface area contributed by atoms with Crippen LogP contribution in [0.3, 0.4) is 0 Å². The van der Waals surface area contributed by atoms with Crippen LogP contribution in [0.4, 0.5) is 5.69 Å². The Kier molecular flexibility index (Phi) is 7.26. The van der Waals surface area contributed by atoms with Crippen LogP contribution in [0.15, 0.2) is 46.9 Å². The third kappa shape index (κ3) is 5.66. The topological polar surface area (TPSA) is 72.3 Å². The highest BCUT2D eigenvalue weighted by Crippen LogP contribution is 2.29. The second-order valence-electron chi connectivity index (χ2n) is 7.66. The molecule has 31 heavy (non-hydrogen) atoms. The zero-order valence-electron chi connectivity index (χ0n) is 17.8. The lowest BCUT2D eigenvalue weighted by Gasteiger charge is -2.14. The van der Waals surface area contributed by atoms with Gasteiger partial charge in [0.25, 0.3) is 0 Å². The zero-order valence-corrected chi connectivity index (χ0v) is 19.4. The lowest BCUT2D eigenvalue weighted by atomic mass is 10.2. The van der Waals surface area contributed by atoms with E-state index in [9.17, 15) is 4.79 Å². The molecule has 0 saturated carbocycles. The minimum Gasteiger partial charge on any atom is -0.378 e. The molecule has 1 aliphatic heterocycles. The Labute approximate surface area is 190 Å². The standard InChI is InChI=1S/C22H27N5O2S2/c1-26(2)17-9-7-16(8-10-17)13-23-20(28)15-31-22-25-24-21(19-6-4-12-30-19)27(22)14-18-5-3-11-29-18/h4,6-10,12,18H,3,5,11,13-15H2,1-2H3,(H,23,28). The van der Waals surface area contributed by atoms with E-state index in [1.807, 2.05) is 43.7 Å². The Morgan fingerprint density at radius 1 is 1.29 bits per heavy atom. The molecule has 1 atom stereocenters. The van der Waals surface area contributed by atoms with Gasteiger partial charge >= 0.3 is 0 Å². The maximum absolute atomic E-state index is 12.4. The molecule has 2 aromatic heterocycles. The lowest BCUT2D eigenvalue weighted by molar-refractivity contribution is -0.118. The number of nitrogens with one attached hydrogen (secondary N) is 1. The number of thiophene rings is 1. The van der Waals surface area contributed by atoms with Gasteiger partial charge in [-0.25, -0.2) is 0 Å². The summed E-state index contributed by atoms with van der Waals surface area (Å²) in [7, 11) is 4.02. The summed E-state index contributed by atoms with van der Waals surface area (Å²) in [6.07, 6.45) is 2.30. The normalized spacial score (nSPS) is 15.9. The molecule has 1 N–H and O–H groups in total. The van der Waals surface area contributed by atoms with Crippen molar-refractivity contribution in [2.75, 3.05) is 31.4 Å². The smallest absolute Gasteiger partial charge is 0.230 e. The number of hydrogen-bond donors (Lipinski definition) is 1. The second kappa shape index (κ2) is 10.3. The predicted octanol–water partition coefficient (Wildman–Crippen LogP) is 3.66. The molecule has 4 rings (SSSR count). The average Bonchev–Trinajstić information content (AvgIpc) is 3.54. The molecule has 1 unspecified atom stereocenters. The van der Waals surface area contributed by atoms with Crippen LogP contribution in [0.2, 0.25) is 0 Å². The molecule has 3 heterocycles. The van der Waals surface area contributed by atoms with Crippen LogP contribution in [-0.2, 0) is 22.6 Å². The Bertz CT molecular complexity index is 980. The van der Waals surface area contributed by atoms with Gasteiger partial charge in [0, 0.05) is 32.9 Å². The van der Waals surface area contributed by atoms with E-state index in [0.717, 1.165) is 46.6 Å². The number of nitrogens with zero attached hydrogens (tertiary/aromatic N) is 4. The number of ether oxygens (including phenoxy) is 1. The lowest BCUT2D eigenvalue weighted by Crippen LogP contribution is -2.25. The molecule has 0 spiro atoms. The zero-order chi connectivity index (χ0) is 21.6. The number of benzene rings is 1. The Morgan fingerprint density at radius 2 is 2.13 bits per heavy atom. The van der Waals surface area contributed by atoms with Gasteiger partial charge in [-0.05, 0) is 42.0 Å². The molecule has 1 fully saturated rings. The highest BCUT2D eigenvalue weighted by molar-refractivity contribution is 7.99. The van der Waals surface area contributed by atoms with Gasteiger partial charge in [-0.3, -0.25) is 9.36 Å². The molecule has 9 heteroatoms. The second-order valence-corrected chi connectivity index (χ2v) is 9.55. The van der Waals surface area contributed by atoms with E-state index in [0.29, 0.717) is 18.8 Å². The maximum Gasteiger partial charge on any atom is 0.230 e. The van der Waals surface area contributed by atoms with Crippen molar-refractivity contribution in [2.24, 2.45) is 0 Å². The third-order valence-corrected chi connectivity index (χ3v) is 6.98. The molecule has 1 aromatic carbocycles. The van der Waals surface area contributed by atoms with E-state index >= 15 is 0 Å². The first-order chi connectivity index (χ1) is 15.1. The van der Waals surface area contributed by atoms with Crippen LogP contribution in [0.1, 0.15) is 18.4 Å². The Hall–Kier alpha value is -2.36. The summed E-state index contributed by atoms with van der Waals surface area (Å²) >= 11 is 3.06. The molecule has 0 radical (unpaired) electrons. The van der Waals surface area contributed by atoms with E-state index in [-0.39, 0.29) is 12.0 Å². The number of amides is 1. The van der Waals surface area contributed by atoms with Crippen LogP contribution < -0.4 is 10.2 Å². The molecule has 3 aromatic rings. The van der Waals surface area contributed by atoms with Crippen molar-refractivity contribution in [3.63, 3.8) is 0 Å². The van der Waals surface area contributed by atoms with Gasteiger partial charge in [0.05, 0.1) is 23.3 Å². The van der Waals surface area contributed by atoms with Crippen LogP contribution in [0.25, 0.3) is 10.7 Å². The SMILES string of the molecule is CN(C)c1ccc(CNC(=O)CSc2nnc(-c3cccs3)n2CC2CCCO2)cc1. The summed E-state index contributed by atoms with van der Waals surface area (Å²) in [5.41, 5.74) is 2.21. The summed E-state index contributed by atoms with van der Waals surface area (Å²) in [6, 6.07) is 12.2. The number of anilines is 1. The summed E-state index contributed by atoms with van der Waals surface area (Å²) in [6.45, 7) is 2.03. The van der Waals surface area contributed by atoms with Crippen molar-refractivity contribution >= 4 is 34.7 Å². The van der Waals surface area contributed by atoms with Crippen molar-refractivity contribution in [2.45, 2.75) is 37.2 Å². The summed E-state index contributed by atoms with van der Waals surface area (Å²) in [5.74, 6) is 1.12. The van der Waals surface area contributed by atoms with Gasteiger partial charge < -0.3 is 15.0 Å². The Balaban J connectivity index is 1.36. The van der Waals surface area contributed by atoms with Gasteiger partial charge in [0.15, 0.2) is 11.0 Å².